The Bertz CT molecular complexity index is 883. The summed E-state index contributed by atoms with van der Waals surface area (Å²) in [5, 5.41) is 0. The Balaban J connectivity index is 1.95. The first kappa shape index (κ1) is 20.6. The van der Waals surface area contributed by atoms with E-state index in [9.17, 15) is 17.6 Å². The van der Waals surface area contributed by atoms with Crippen LogP contribution in [-0.4, -0.2) is 0 Å². The number of aryl methyl sites for hydroxylation is 2. The molecule has 0 unspecified atom stereocenters. The maximum atomic E-state index is 14.8. The average Bonchev–Trinajstić information content (AvgIpc) is 3.05. The fourth-order valence-electron chi connectivity index (χ4n) is 4.03. The molecule has 0 atom stereocenters. The smallest absolute Gasteiger partial charge is 0.167 e. The molecule has 0 nitrogen and oxygen atoms in total. The Morgan fingerprint density at radius 2 is 1.29 bits per heavy atom. The van der Waals surface area contributed by atoms with E-state index >= 15 is 0 Å². The Labute approximate surface area is 164 Å². The van der Waals surface area contributed by atoms with E-state index in [0.29, 0.717) is 41.5 Å². The number of rotatable bonds is 9. The fraction of sp³-hybridized carbons (Fsp3) is 0.417. The maximum Gasteiger partial charge on any atom is 0.167 e. The van der Waals surface area contributed by atoms with Gasteiger partial charge in [-0.1, -0.05) is 38.0 Å². The lowest BCUT2D eigenvalue weighted by molar-refractivity contribution is 0.490. The minimum atomic E-state index is -1.06. The van der Waals surface area contributed by atoms with Crippen LogP contribution in [-0.2, 0) is 19.3 Å². The molecule has 0 N–H and O–H groups in total. The predicted molar refractivity (Wildman–Crippen MR) is 105 cm³/mol. The van der Waals surface area contributed by atoms with E-state index in [-0.39, 0.29) is 11.1 Å². The van der Waals surface area contributed by atoms with Gasteiger partial charge in [0.15, 0.2) is 23.3 Å². The molecule has 1 aliphatic carbocycles. The number of halogens is 4. The molecule has 0 saturated carbocycles. The molecule has 0 radical (unpaired) electrons. The van der Waals surface area contributed by atoms with Gasteiger partial charge in [-0.05, 0) is 67.2 Å². The first-order chi connectivity index (χ1) is 13.5. The summed E-state index contributed by atoms with van der Waals surface area (Å²) in [6, 6.07) is 3.25. The van der Waals surface area contributed by atoms with Crippen molar-refractivity contribution >= 4 is 0 Å². The summed E-state index contributed by atoms with van der Waals surface area (Å²) < 4.78 is 58.7. The van der Waals surface area contributed by atoms with Crippen molar-refractivity contribution in [2.45, 2.75) is 64.7 Å². The van der Waals surface area contributed by atoms with E-state index in [1.165, 1.54) is 0 Å². The second kappa shape index (κ2) is 8.93. The third-order valence-corrected chi connectivity index (χ3v) is 5.51. The van der Waals surface area contributed by atoms with Gasteiger partial charge in [0.05, 0.1) is 0 Å². The van der Waals surface area contributed by atoms with Crippen LogP contribution in [0, 0.1) is 23.3 Å². The predicted octanol–water partition coefficient (Wildman–Crippen LogP) is 7.45. The van der Waals surface area contributed by atoms with E-state index in [1.807, 2.05) is 6.92 Å². The summed E-state index contributed by atoms with van der Waals surface area (Å²) >= 11 is 0. The summed E-state index contributed by atoms with van der Waals surface area (Å²) in [6.07, 6.45) is 8.06. The molecule has 1 aliphatic rings. The minimum absolute atomic E-state index is 0.110. The van der Waals surface area contributed by atoms with Gasteiger partial charge in [0, 0.05) is 11.1 Å². The summed E-state index contributed by atoms with van der Waals surface area (Å²) in [6.45, 7) is 5.70. The number of unbranched alkanes of at least 4 members (excludes halogenated alkanes) is 4. The van der Waals surface area contributed by atoms with Crippen molar-refractivity contribution in [3.8, 4) is 11.1 Å². The van der Waals surface area contributed by atoms with Gasteiger partial charge in [-0.2, -0.15) is 0 Å². The van der Waals surface area contributed by atoms with Crippen LogP contribution < -0.4 is 0 Å². The van der Waals surface area contributed by atoms with Crippen molar-refractivity contribution < 1.29 is 17.6 Å². The zero-order valence-corrected chi connectivity index (χ0v) is 16.3. The fourth-order valence-corrected chi connectivity index (χ4v) is 4.03. The molecule has 0 saturated heterocycles. The molecule has 0 aliphatic heterocycles. The summed E-state index contributed by atoms with van der Waals surface area (Å²) in [5.41, 5.74) is 1.49. The standard InChI is InChI=1S/C24H26F4/c1-3-5-7-9-11-16-13-18-14-17-12-15(10-8-6-4-2)21(25)23(27)19(17)20(18)24(28)22(16)26/h3,12-13H,1,4-11,14H2,2H3. The Morgan fingerprint density at radius 1 is 0.786 bits per heavy atom. The maximum absolute atomic E-state index is 14.8. The molecule has 3 rings (SSSR count). The highest BCUT2D eigenvalue weighted by molar-refractivity contribution is 5.79. The highest BCUT2D eigenvalue weighted by atomic mass is 19.2. The van der Waals surface area contributed by atoms with E-state index in [0.717, 1.165) is 38.5 Å². The molecule has 150 valence electrons. The van der Waals surface area contributed by atoms with Crippen molar-refractivity contribution in [3.05, 3.63) is 70.3 Å². The molecule has 2 aromatic rings. The molecule has 0 spiro atoms. The Kier molecular flexibility index (Phi) is 6.58. The number of hydrogen-bond acceptors (Lipinski definition) is 0. The van der Waals surface area contributed by atoms with Crippen LogP contribution in [0.15, 0.2) is 24.8 Å². The van der Waals surface area contributed by atoms with Crippen LogP contribution in [0.25, 0.3) is 11.1 Å². The molecule has 0 fully saturated rings. The monoisotopic (exact) mass is 390 g/mol. The molecule has 4 heteroatoms. The summed E-state index contributed by atoms with van der Waals surface area (Å²) in [4.78, 5) is 0. The van der Waals surface area contributed by atoms with Gasteiger partial charge in [0.2, 0.25) is 0 Å². The average molecular weight is 390 g/mol. The number of fused-ring (bicyclic) bond motifs is 3. The van der Waals surface area contributed by atoms with E-state index < -0.39 is 23.3 Å². The van der Waals surface area contributed by atoms with Crippen molar-refractivity contribution in [1.29, 1.82) is 0 Å². The second-order valence-corrected chi connectivity index (χ2v) is 7.56. The van der Waals surface area contributed by atoms with Gasteiger partial charge in [-0.15, -0.1) is 6.58 Å². The summed E-state index contributed by atoms with van der Waals surface area (Å²) in [7, 11) is 0. The van der Waals surface area contributed by atoms with Crippen LogP contribution in [0.4, 0.5) is 17.6 Å². The van der Waals surface area contributed by atoms with Gasteiger partial charge in [-0.25, -0.2) is 17.6 Å². The molecule has 0 heterocycles. The zero-order valence-electron chi connectivity index (χ0n) is 16.3. The highest BCUT2D eigenvalue weighted by Crippen LogP contribution is 2.43. The first-order valence-electron chi connectivity index (χ1n) is 10.1. The van der Waals surface area contributed by atoms with Crippen molar-refractivity contribution in [1.82, 2.24) is 0 Å². The number of allylic oxidation sites excluding steroid dienone is 1. The molecule has 28 heavy (non-hydrogen) atoms. The highest BCUT2D eigenvalue weighted by Gasteiger charge is 2.31. The van der Waals surface area contributed by atoms with Gasteiger partial charge in [0.25, 0.3) is 0 Å². The molecule has 0 amide bonds. The lowest BCUT2D eigenvalue weighted by Crippen LogP contribution is -2.02. The van der Waals surface area contributed by atoms with Crippen molar-refractivity contribution in [2.75, 3.05) is 0 Å². The van der Waals surface area contributed by atoms with E-state index in [4.69, 9.17) is 0 Å². The van der Waals surface area contributed by atoms with E-state index in [1.54, 1.807) is 18.2 Å². The summed E-state index contributed by atoms with van der Waals surface area (Å²) in [5.74, 6) is -4.00. The first-order valence-corrected chi connectivity index (χ1v) is 10.1. The Hall–Kier alpha value is -2.10. The van der Waals surface area contributed by atoms with E-state index in [2.05, 4.69) is 6.58 Å². The van der Waals surface area contributed by atoms with Crippen LogP contribution in [0.5, 0.6) is 0 Å². The SMILES string of the molecule is C=CCCCCc1cc2c(c(F)c1F)-c1c(cc(CCCCC)c(F)c1F)C2. The molecular formula is C24H26F4. The lowest BCUT2D eigenvalue weighted by Gasteiger charge is -2.11. The number of hydrogen-bond donors (Lipinski definition) is 0. The molecule has 0 aromatic heterocycles. The quantitative estimate of drug-likeness (QED) is 0.202. The van der Waals surface area contributed by atoms with Crippen molar-refractivity contribution in [3.63, 3.8) is 0 Å². The molecule has 2 aromatic carbocycles. The third-order valence-electron chi connectivity index (χ3n) is 5.51. The van der Waals surface area contributed by atoms with Gasteiger partial charge in [-0.3, -0.25) is 0 Å². The van der Waals surface area contributed by atoms with Gasteiger partial charge in [0.1, 0.15) is 0 Å². The van der Waals surface area contributed by atoms with Crippen LogP contribution >= 0.6 is 0 Å². The van der Waals surface area contributed by atoms with Crippen LogP contribution in [0.1, 0.15) is 67.7 Å². The number of benzene rings is 2. The lowest BCUT2D eigenvalue weighted by atomic mass is 9.97. The topological polar surface area (TPSA) is 0 Å². The third kappa shape index (κ3) is 3.87. The van der Waals surface area contributed by atoms with Gasteiger partial charge < -0.3 is 0 Å². The largest absolute Gasteiger partial charge is 0.203 e. The second-order valence-electron chi connectivity index (χ2n) is 7.56. The van der Waals surface area contributed by atoms with Gasteiger partial charge >= 0.3 is 0 Å². The van der Waals surface area contributed by atoms with Crippen LogP contribution in [0.3, 0.4) is 0 Å². The zero-order chi connectivity index (χ0) is 20.3. The molecular weight excluding hydrogens is 364 g/mol. The molecule has 0 bridgehead atoms. The minimum Gasteiger partial charge on any atom is -0.203 e. The normalized spacial score (nSPS) is 12.2. The van der Waals surface area contributed by atoms with Crippen LogP contribution in [0.2, 0.25) is 0 Å². The van der Waals surface area contributed by atoms with Crippen molar-refractivity contribution in [2.24, 2.45) is 0 Å². The Morgan fingerprint density at radius 3 is 1.75 bits per heavy atom.